The van der Waals surface area contributed by atoms with Gasteiger partial charge in [-0.25, -0.2) is 0 Å². The van der Waals surface area contributed by atoms with Gasteiger partial charge in [-0.15, -0.1) is 0 Å². The predicted molar refractivity (Wildman–Crippen MR) is 71.7 cm³/mol. The van der Waals surface area contributed by atoms with Gasteiger partial charge in [-0.1, -0.05) is 58.5 Å². The number of hydrogen-bond donors (Lipinski definition) is 0. The van der Waals surface area contributed by atoms with Crippen LogP contribution < -0.4 is 0 Å². The van der Waals surface area contributed by atoms with Crippen LogP contribution in [0.3, 0.4) is 0 Å². The highest BCUT2D eigenvalue weighted by molar-refractivity contribution is 5.81. The van der Waals surface area contributed by atoms with E-state index in [0.717, 1.165) is 5.56 Å². The van der Waals surface area contributed by atoms with Crippen LogP contribution in [0.1, 0.15) is 38.8 Å². The lowest BCUT2D eigenvalue weighted by atomic mass is 10.1. The first kappa shape index (κ1) is 16.1. The normalized spacial score (nSPS) is 8.33. The quantitative estimate of drug-likeness (QED) is 0.625. The molecule has 0 aromatic heterocycles. The second-order valence-electron chi connectivity index (χ2n) is 2.32. The molecule has 15 heavy (non-hydrogen) atoms. The van der Waals surface area contributed by atoms with Gasteiger partial charge in [0, 0.05) is 12.4 Å². The van der Waals surface area contributed by atoms with E-state index in [4.69, 9.17) is 0 Å². The summed E-state index contributed by atoms with van der Waals surface area (Å²) in [7, 11) is 0. The highest BCUT2D eigenvalue weighted by Crippen LogP contribution is 2.03. The Morgan fingerprint density at radius 1 is 1.07 bits per heavy atom. The van der Waals surface area contributed by atoms with Crippen LogP contribution >= 0.6 is 0 Å². The Labute approximate surface area is 94.6 Å². The first-order valence-electron chi connectivity index (χ1n) is 5.54. The molecule has 0 saturated carbocycles. The minimum Gasteiger partial charge on any atom is -0.265 e. The summed E-state index contributed by atoms with van der Waals surface area (Å²) in [6, 6.07) is 8.10. The van der Waals surface area contributed by atoms with E-state index in [2.05, 4.69) is 24.6 Å². The summed E-state index contributed by atoms with van der Waals surface area (Å²) in [6.45, 7) is 13.6. The molecule has 0 saturated heterocycles. The van der Waals surface area contributed by atoms with Crippen molar-refractivity contribution in [3.05, 3.63) is 48.2 Å². The van der Waals surface area contributed by atoms with Crippen molar-refractivity contribution in [3.8, 4) is 0 Å². The SMILES string of the molecule is C=CN=Cc1ccccc1C.CC.CC. The Balaban J connectivity index is 0. The molecule has 0 spiro atoms. The Hall–Kier alpha value is -1.37. The van der Waals surface area contributed by atoms with Gasteiger partial charge in [0.25, 0.3) is 0 Å². The first-order chi connectivity index (χ1) is 7.34. The molecule has 0 amide bonds. The van der Waals surface area contributed by atoms with Crippen LogP contribution in [0.15, 0.2) is 42.0 Å². The van der Waals surface area contributed by atoms with Gasteiger partial charge < -0.3 is 0 Å². The van der Waals surface area contributed by atoms with Gasteiger partial charge in [0.1, 0.15) is 0 Å². The zero-order valence-corrected chi connectivity index (χ0v) is 10.6. The molecule has 0 bridgehead atoms. The monoisotopic (exact) mass is 205 g/mol. The largest absolute Gasteiger partial charge is 0.265 e. The van der Waals surface area contributed by atoms with E-state index in [1.807, 2.05) is 52.1 Å². The average Bonchev–Trinajstić information content (AvgIpc) is 2.33. The van der Waals surface area contributed by atoms with Crippen molar-refractivity contribution in [3.63, 3.8) is 0 Å². The molecule has 0 heterocycles. The molecule has 1 aromatic rings. The summed E-state index contributed by atoms with van der Waals surface area (Å²) in [5, 5.41) is 0. The molecule has 0 N–H and O–H groups in total. The van der Waals surface area contributed by atoms with Crippen LogP contribution in [-0.4, -0.2) is 6.21 Å². The smallest absolute Gasteiger partial charge is 0.0342 e. The lowest BCUT2D eigenvalue weighted by Crippen LogP contribution is -1.83. The van der Waals surface area contributed by atoms with Crippen molar-refractivity contribution in [2.75, 3.05) is 0 Å². The topological polar surface area (TPSA) is 12.4 Å². The third-order valence-corrected chi connectivity index (χ3v) is 1.51. The molecule has 84 valence electrons. The molecule has 0 fully saturated rings. The molecule has 0 aliphatic carbocycles. The van der Waals surface area contributed by atoms with Crippen molar-refractivity contribution < 1.29 is 0 Å². The second-order valence-corrected chi connectivity index (χ2v) is 2.32. The third-order valence-electron chi connectivity index (χ3n) is 1.51. The van der Waals surface area contributed by atoms with Crippen molar-refractivity contribution in [1.29, 1.82) is 0 Å². The van der Waals surface area contributed by atoms with Gasteiger partial charge in [-0.05, 0) is 18.1 Å². The number of aryl methyl sites for hydroxylation is 1. The summed E-state index contributed by atoms with van der Waals surface area (Å²) < 4.78 is 0. The van der Waals surface area contributed by atoms with E-state index in [1.54, 1.807) is 0 Å². The molecule has 0 radical (unpaired) electrons. The van der Waals surface area contributed by atoms with E-state index in [1.165, 1.54) is 11.8 Å². The fourth-order valence-electron chi connectivity index (χ4n) is 0.865. The maximum absolute atomic E-state index is 3.94. The second kappa shape index (κ2) is 12.6. The molecule has 1 rings (SSSR count). The number of benzene rings is 1. The summed E-state index contributed by atoms with van der Waals surface area (Å²) in [6.07, 6.45) is 3.34. The van der Waals surface area contributed by atoms with E-state index >= 15 is 0 Å². The van der Waals surface area contributed by atoms with E-state index < -0.39 is 0 Å². The van der Waals surface area contributed by atoms with E-state index in [-0.39, 0.29) is 0 Å². The Bertz CT molecular complexity index is 274. The Morgan fingerprint density at radius 3 is 2.07 bits per heavy atom. The summed E-state index contributed by atoms with van der Waals surface area (Å²) >= 11 is 0. The standard InChI is InChI=1S/C10H11N.2C2H6/c1-3-11-8-10-7-5-4-6-9(10)2;2*1-2/h3-8H,1H2,2H3;2*1-2H3. The maximum atomic E-state index is 3.94. The van der Waals surface area contributed by atoms with Crippen LogP contribution in [0.2, 0.25) is 0 Å². The molecular weight excluding hydrogens is 182 g/mol. The summed E-state index contributed by atoms with van der Waals surface area (Å²) in [5.41, 5.74) is 2.38. The minimum absolute atomic E-state index is 1.15. The molecule has 0 atom stereocenters. The number of nitrogens with zero attached hydrogens (tertiary/aromatic N) is 1. The lowest BCUT2D eigenvalue weighted by Gasteiger charge is -1.95. The highest BCUT2D eigenvalue weighted by Gasteiger charge is 1.89. The average molecular weight is 205 g/mol. The third kappa shape index (κ3) is 7.68. The van der Waals surface area contributed by atoms with Crippen LogP contribution in [-0.2, 0) is 0 Å². The van der Waals surface area contributed by atoms with E-state index in [0.29, 0.717) is 0 Å². The summed E-state index contributed by atoms with van der Waals surface area (Å²) in [5.74, 6) is 0. The maximum Gasteiger partial charge on any atom is 0.0342 e. The predicted octanol–water partition coefficient (Wildman–Crippen LogP) is 4.61. The van der Waals surface area contributed by atoms with Gasteiger partial charge in [0.2, 0.25) is 0 Å². The Kier molecular flexibility index (Phi) is 13.5. The van der Waals surface area contributed by atoms with Gasteiger partial charge >= 0.3 is 0 Å². The molecule has 1 nitrogen and oxygen atoms in total. The van der Waals surface area contributed by atoms with E-state index in [9.17, 15) is 0 Å². The van der Waals surface area contributed by atoms with Crippen molar-refractivity contribution in [2.24, 2.45) is 4.99 Å². The zero-order valence-electron chi connectivity index (χ0n) is 10.6. The molecule has 0 unspecified atom stereocenters. The van der Waals surface area contributed by atoms with Crippen molar-refractivity contribution in [2.45, 2.75) is 34.6 Å². The molecule has 0 aliphatic rings. The van der Waals surface area contributed by atoms with Crippen LogP contribution in [0.4, 0.5) is 0 Å². The Morgan fingerprint density at radius 2 is 1.60 bits per heavy atom. The van der Waals surface area contributed by atoms with Crippen molar-refractivity contribution in [1.82, 2.24) is 0 Å². The first-order valence-corrected chi connectivity index (χ1v) is 5.54. The molecule has 1 aromatic carbocycles. The number of aliphatic imine (C=N–C) groups is 1. The van der Waals surface area contributed by atoms with Gasteiger partial charge in [-0.3, -0.25) is 4.99 Å². The number of rotatable bonds is 2. The van der Waals surface area contributed by atoms with Crippen molar-refractivity contribution >= 4 is 6.21 Å². The summed E-state index contributed by atoms with van der Waals surface area (Å²) in [4.78, 5) is 3.94. The number of hydrogen-bond acceptors (Lipinski definition) is 1. The fourth-order valence-corrected chi connectivity index (χ4v) is 0.865. The lowest BCUT2D eigenvalue weighted by molar-refractivity contribution is 1.44. The van der Waals surface area contributed by atoms with Crippen LogP contribution in [0.25, 0.3) is 0 Å². The molecule has 1 heteroatoms. The molecule has 0 aliphatic heterocycles. The van der Waals surface area contributed by atoms with Crippen LogP contribution in [0, 0.1) is 6.92 Å². The highest BCUT2D eigenvalue weighted by atomic mass is 14.7. The fraction of sp³-hybridized carbons (Fsp3) is 0.357. The van der Waals surface area contributed by atoms with Gasteiger partial charge in [0.15, 0.2) is 0 Å². The molecular formula is C14H23N. The van der Waals surface area contributed by atoms with Gasteiger partial charge in [-0.2, -0.15) is 0 Å². The minimum atomic E-state index is 1.15. The van der Waals surface area contributed by atoms with Gasteiger partial charge in [0.05, 0.1) is 0 Å². The zero-order chi connectivity index (χ0) is 12.1. The van der Waals surface area contributed by atoms with Crippen LogP contribution in [0.5, 0.6) is 0 Å².